The first-order valence-electron chi connectivity index (χ1n) is 10.3. The van der Waals surface area contributed by atoms with Gasteiger partial charge >= 0.3 is 0 Å². The van der Waals surface area contributed by atoms with Crippen molar-refractivity contribution in [3.8, 4) is 11.5 Å². The highest BCUT2D eigenvalue weighted by molar-refractivity contribution is 5.99. The standard InChI is InChI=1S/C23H22N4O5/c1-12-16(23(30)26-11-17(28)13(26)2)10-27-21(12)18(6-7-25-27)31-15-5-4-14-8-20(22(29)24-3)32-19(14)9-15/h4-10,13,17,28H,11H2,1-3H3,(H,24,29)/t13-,17+/m1/s1. The van der Waals surface area contributed by atoms with Crippen molar-refractivity contribution >= 4 is 28.3 Å². The van der Waals surface area contributed by atoms with Crippen LogP contribution in [-0.2, 0) is 0 Å². The highest BCUT2D eigenvalue weighted by Gasteiger charge is 2.38. The monoisotopic (exact) mass is 434 g/mol. The highest BCUT2D eigenvalue weighted by Crippen LogP contribution is 2.33. The molecule has 164 valence electrons. The van der Waals surface area contributed by atoms with Gasteiger partial charge in [-0.05, 0) is 37.6 Å². The molecule has 1 aliphatic rings. The first-order valence-corrected chi connectivity index (χ1v) is 10.3. The first kappa shape index (κ1) is 20.1. The van der Waals surface area contributed by atoms with Crippen LogP contribution < -0.4 is 10.1 Å². The first-order chi connectivity index (χ1) is 15.4. The van der Waals surface area contributed by atoms with Crippen LogP contribution in [-0.4, -0.2) is 57.2 Å². The van der Waals surface area contributed by atoms with Crippen LogP contribution in [0.5, 0.6) is 11.5 Å². The molecule has 32 heavy (non-hydrogen) atoms. The molecule has 0 unspecified atom stereocenters. The Labute approximate surface area is 183 Å². The number of hydrogen-bond acceptors (Lipinski definition) is 6. The van der Waals surface area contributed by atoms with Crippen LogP contribution in [0, 0.1) is 6.92 Å². The van der Waals surface area contributed by atoms with Gasteiger partial charge < -0.3 is 24.5 Å². The molecule has 3 aromatic heterocycles. The predicted octanol–water partition coefficient (Wildman–Crippen LogP) is 2.75. The lowest BCUT2D eigenvalue weighted by Gasteiger charge is -2.43. The molecule has 1 saturated heterocycles. The fourth-order valence-corrected chi connectivity index (χ4v) is 3.97. The summed E-state index contributed by atoms with van der Waals surface area (Å²) in [4.78, 5) is 26.4. The van der Waals surface area contributed by atoms with E-state index in [9.17, 15) is 14.7 Å². The van der Waals surface area contributed by atoms with E-state index in [2.05, 4.69) is 10.4 Å². The van der Waals surface area contributed by atoms with E-state index < -0.39 is 6.10 Å². The van der Waals surface area contributed by atoms with Crippen LogP contribution in [0.4, 0.5) is 0 Å². The molecule has 2 atom stereocenters. The minimum absolute atomic E-state index is 0.143. The Morgan fingerprint density at radius 3 is 2.81 bits per heavy atom. The van der Waals surface area contributed by atoms with E-state index in [1.807, 2.05) is 19.9 Å². The molecular formula is C23H22N4O5. The van der Waals surface area contributed by atoms with Gasteiger partial charge in [0.25, 0.3) is 11.8 Å². The van der Waals surface area contributed by atoms with Gasteiger partial charge in [0.1, 0.15) is 16.8 Å². The summed E-state index contributed by atoms with van der Waals surface area (Å²) >= 11 is 0. The van der Waals surface area contributed by atoms with Gasteiger partial charge in [0, 0.05) is 37.3 Å². The van der Waals surface area contributed by atoms with Crippen molar-refractivity contribution in [2.75, 3.05) is 13.6 Å². The van der Waals surface area contributed by atoms with E-state index in [-0.39, 0.29) is 23.6 Å². The van der Waals surface area contributed by atoms with Crippen molar-refractivity contribution in [3.63, 3.8) is 0 Å². The second kappa shape index (κ2) is 7.38. The summed E-state index contributed by atoms with van der Waals surface area (Å²) < 4.78 is 13.4. The number of nitrogens with zero attached hydrogens (tertiary/aromatic N) is 3. The Hall–Kier alpha value is -3.85. The maximum absolute atomic E-state index is 13.0. The molecule has 2 N–H and O–H groups in total. The molecule has 0 radical (unpaired) electrons. The molecule has 5 rings (SSSR count). The molecule has 0 bridgehead atoms. The average Bonchev–Trinajstić information content (AvgIpc) is 3.37. The molecule has 9 nitrogen and oxygen atoms in total. The molecular weight excluding hydrogens is 412 g/mol. The van der Waals surface area contributed by atoms with E-state index in [1.54, 1.807) is 53.1 Å². The van der Waals surface area contributed by atoms with Gasteiger partial charge in [0.2, 0.25) is 0 Å². The van der Waals surface area contributed by atoms with Crippen molar-refractivity contribution in [2.45, 2.75) is 26.0 Å². The zero-order valence-corrected chi connectivity index (χ0v) is 17.8. The smallest absolute Gasteiger partial charge is 0.286 e. The SMILES string of the molecule is CNC(=O)c1cc2ccc(Oc3ccnn4cc(C(=O)N5C[C@H](O)[C@H]5C)c(C)c34)cc2o1. The number of rotatable bonds is 4. The maximum atomic E-state index is 13.0. The molecule has 0 spiro atoms. The lowest BCUT2D eigenvalue weighted by atomic mass is 9.99. The third-order valence-corrected chi connectivity index (χ3v) is 5.98. The lowest BCUT2D eigenvalue weighted by Crippen LogP contribution is -2.60. The zero-order valence-electron chi connectivity index (χ0n) is 17.8. The summed E-state index contributed by atoms with van der Waals surface area (Å²) in [6, 6.07) is 8.51. The second-order valence-electron chi connectivity index (χ2n) is 7.91. The number of fused-ring (bicyclic) bond motifs is 2. The summed E-state index contributed by atoms with van der Waals surface area (Å²) in [5.74, 6) is 0.837. The number of aliphatic hydroxyl groups excluding tert-OH is 1. The Morgan fingerprint density at radius 1 is 1.28 bits per heavy atom. The fraction of sp³-hybridized carbons (Fsp3) is 0.261. The number of aliphatic hydroxyl groups is 1. The quantitative estimate of drug-likeness (QED) is 0.511. The number of hydrogen-bond donors (Lipinski definition) is 2. The van der Waals surface area contributed by atoms with E-state index in [1.165, 1.54) is 0 Å². The van der Waals surface area contributed by atoms with Gasteiger partial charge in [-0.15, -0.1) is 0 Å². The largest absolute Gasteiger partial charge is 0.455 e. The number of likely N-dealkylation sites (tertiary alicyclic amines) is 1. The summed E-state index contributed by atoms with van der Waals surface area (Å²) in [5, 5.41) is 17.4. The van der Waals surface area contributed by atoms with Gasteiger partial charge in [-0.3, -0.25) is 9.59 Å². The molecule has 0 aliphatic carbocycles. The summed E-state index contributed by atoms with van der Waals surface area (Å²) in [6.45, 7) is 4.00. The normalized spacial score (nSPS) is 18.1. The third-order valence-electron chi connectivity index (χ3n) is 5.98. The Balaban J connectivity index is 1.49. The number of amides is 2. The van der Waals surface area contributed by atoms with Crippen molar-refractivity contribution in [1.82, 2.24) is 19.8 Å². The van der Waals surface area contributed by atoms with Gasteiger partial charge in [-0.2, -0.15) is 5.10 Å². The van der Waals surface area contributed by atoms with Crippen molar-refractivity contribution in [3.05, 3.63) is 59.6 Å². The number of ether oxygens (including phenoxy) is 1. The number of carbonyl (C=O) groups is 2. The predicted molar refractivity (Wildman–Crippen MR) is 116 cm³/mol. The molecule has 4 heterocycles. The number of benzene rings is 1. The topological polar surface area (TPSA) is 109 Å². The number of aryl methyl sites for hydroxylation is 1. The highest BCUT2D eigenvalue weighted by atomic mass is 16.5. The molecule has 1 aliphatic heterocycles. The van der Waals surface area contributed by atoms with Gasteiger partial charge in [0.15, 0.2) is 11.5 Å². The van der Waals surface area contributed by atoms with Crippen LogP contribution in [0.3, 0.4) is 0 Å². The van der Waals surface area contributed by atoms with E-state index in [4.69, 9.17) is 9.15 Å². The lowest BCUT2D eigenvalue weighted by molar-refractivity contribution is -0.0357. The number of aromatic nitrogens is 2. The molecule has 4 aromatic rings. The molecule has 1 fully saturated rings. The van der Waals surface area contributed by atoms with Crippen LogP contribution in [0.15, 0.2) is 47.1 Å². The minimum atomic E-state index is -0.492. The minimum Gasteiger partial charge on any atom is -0.455 e. The third kappa shape index (κ3) is 3.09. The zero-order chi connectivity index (χ0) is 22.6. The van der Waals surface area contributed by atoms with E-state index in [0.29, 0.717) is 34.7 Å². The van der Waals surface area contributed by atoms with Crippen LogP contribution in [0.25, 0.3) is 16.5 Å². The summed E-state index contributed by atoms with van der Waals surface area (Å²) in [6.07, 6.45) is 2.79. The van der Waals surface area contributed by atoms with Gasteiger partial charge in [-0.25, -0.2) is 4.52 Å². The Morgan fingerprint density at radius 2 is 2.09 bits per heavy atom. The van der Waals surface area contributed by atoms with Crippen molar-refractivity contribution in [2.24, 2.45) is 0 Å². The Kier molecular flexibility index (Phi) is 4.63. The van der Waals surface area contributed by atoms with Gasteiger partial charge in [-0.1, -0.05) is 0 Å². The number of nitrogens with one attached hydrogen (secondary N) is 1. The fourth-order valence-electron chi connectivity index (χ4n) is 3.97. The second-order valence-corrected chi connectivity index (χ2v) is 7.91. The van der Waals surface area contributed by atoms with Gasteiger partial charge in [0.05, 0.1) is 23.9 Å². The van der Waals surface area contributed by atoms with E-state index in [0.717, 1.165) is 10.9 Å². The summed E-state index contributed by atoms with van der Waals surface area (Å²) in [7, 11) is 1.54. The van der Waals surface area contributed by atoms with Crippen LogP contribution >= 0.6 is 0 Å². The van der Waals surface area contributed by atoms with Crippen molar-refractivity contribution in [1.29, 1.82) is 0 Å². The molecule has 1 aromatic carbocycles. The summed E-state index contributed by atoms with van der Waals surface area (Å²) in [5.41, 5.74) is 2.46. The van der Waals surface area contributed by atoms with Crippen LogP contribution in [0.1, 0.15) is 33.4 Å². The number of carbonyl (C=O) groups excluding carboxylic acids is 2. The molecule has 9 heteroatoms. The maximum Gasteiger partial charge on any atom is 0.286 e. The Bertz CT molecular complexity index is 1370. The van der Waals surface area contributed by atoms with E-state index >= 15 is 0 Å². The number of furan rings is 1. The van der Waals surface area contributed by atoms with Crippen LogP contribution in [0.2, 0.25) is 0 Å². The average molecular weight is 434 g/mol. The number of β-amino-alcohol motifs (C(OH)–C–C–N with tert-alkyl or cyclic N) is 1. The molecule has 0 saturated carbocycles. The van der Waals surface area contributed by atoms with Crippen molar-refractivity contribution < 1.29 is 23.8 Å². The molecule has 2 amide bonds.